The topological polar surface area (TPSA) is 63.2 Å². The summed E-state index contributed by atoms with van der Waals surface area (Å²) in [5.41, 5.74) is 2.69. The molecule has 2 atom stereocenters. The first-order valence-electron chi connectivity index (χ1n) is 9.14. The molecule has 0 saturated carbocycles. The van der Waals surface area contributed by atoms with Gasteiger partial charge < -0.3 is 14.9 Å². The highest BCUT2D eigenvalue weighted by molar-refractivity contribution is 6.40. The van der Waals surface area contributed by atoms with E-state index in [9.17, 15) is 4.79 Å². The van der Waals surface area contributed by atoms with E-state index in [1.54, 1.807) is 7.11 Å². The summed E-state index contributed by atoms with van der Waals surface area (Å²) in [5.74, 6) is 0.742. The van der Waals surface area contributed by atoms with E-state index in [-0.39, 0.29) is 17.9 Å². The van der Waals surface area contributed by atoms with Crippen LogP contribution in [0.25, 0.3) is 0 Å². The van der Waals surface area contributed by atoms with Crippen molar-refractivity contribution in [3.8, 4) is 5.75 Å². The van der Waals surface area contributed by atoms with Gasteiger partial charge in [-0.25, -0.2) is 0 Å². The molecule has 4 rings (SSSR count). The number of hydrogen-bond acceptors (Lipinski definition) is 5. The molecule has 6 heteroatoms. The van der Waals surface area contributed by atoms with E-state index in [0.717, 1.165) is 36.5 Å². The number of rotatable bonds is 6. The molecule has 0 unspecified atom stereocenters. The van der Waals surface area contributed by atoms with Crippen LogP contribution in [0.15, 0.2) is 59.8 Å². The first-order chi connectivity index (χ1) is 13.2. The maximum absolute atomic E-state index is 12.6. The third-order valence-corrected chi connectivity index (χ3v) is 5.09. The molecule has 2 aliphatic heterocycles. The van der Waals surface area contributed by atoms with Crippen molar-refractivity contribution < 1.29 is 14.4 Å². The van der Waals surface area contributed by atoms with Crippen LogP contribution in [0, 0.1) is 5.92 Å². The van der Waals surface area contributed by atoms with Gasteiger partial charge in [0.1, 0.15) is 11.9 Å². The van der Waals surface area contributed by atoms with Gasteiger partial charge in [-0.3, -0.25) is 9.69 Å². The molecule has 2 aromatic carbocycles. The van der Waals surface area contributed by atoms with E-state index in [1.807, 2.05) is 48.5 Å². The van der Waals surface area contributed by atoms with Gasteiger partial charge in [-0.05, 0) is 11.6 Å². The third kappa shape index (κ3) is 3.80. The molecular formula is C21H23N3O3. The second-order valence-corrected chi connectivity index (χ2v) is 6.90. The van der Waals surface area contributed by atoms with Crippen LogP contribution in [0.3, 0.4) is 0 Å². The van der Waals surface area contributed by atoms with Crippen molar-refractivity contribution in [3.63, 3.8) is 0 Å². The zero-order chi connectivity index (χ0) is 18.6. The molecular weight excluding hydrogens is 342 g/mol. The highest BCUT2D eigenvalue weighted by Gasteiger charge is 2.44. The minimum atomic E-state index is -0.148. The number of amides is 1. The highest BCUT2D eigenvalue weighted by atomic mass is 16.6. The number of nitrogens with one attached hydrogen (secondary N) is 1. The lowest BCUT2D eigenvalue weighted by atomic mass is 10.0. The van der Waals surface area contributed by atoms with Crippen LogP contribution in [0.5, 0.6) is 5.75 Å². The summed E-state index contributed by atoms with van der Waals surface area (Å²) in [6.07, 6.45) is -0.0582. The van der Waals surface area contributed by atoms with E-state index in [4.69, 9.17) is 9.57 Å². The quantitative estimate of drug-likeness (QED) is 0.852. The molecule has 1 N–H and O–H groups in total. The van der Waals surface area contributed by atoms with Crippen LogP contribution in [0.4, 0.5) is 0 Å². The predicted molar refractivity (Wildman–Crippen MR) is 102 cm³/mol. The van der Waals surface area contributed by atoms with Gasteiger partial charge in [0.05, 0.1) is 13.0 Å². The lowest BCUT2D eigenvalue weighted by Crippen LogP contribution is -2.36. The Bertz CT molecular complexity index is 838. The van der Waals surface area contributed by atoms with Crippen molar-refractivity contribution in [2.75, 3.05) is 20.2 Å². The standard InChI is InChI=1S/C21H23N3O3/c1-26-18-10-6-5-9-16(18)12-24-13-17-19(14-24)27-23-20(17)21(25)22-11-15-7-3-2-4-8-15/h2-10,17,19H,11-14H2,1H3,(H,22,25)/t17-,19+/m0/s1. The maximum atomic E-state index is 12.6. The number of nitrogens with zero attached hydrogens (tertiary/aromatic N) is 2. The van der Waals surface area contributed by atoms with E-state index in [2.05, 4.69) is 21.4 Å². The van der Waals surface area contributed by atoms with E-state index in [1.165, 1.54) is 0 Å². The largest absolute Gasteiger partial charge is 0.496 e. The second-order valence-electron chi connectivity index (χ2n) is 6.90. The van der Waals surface area contributed by atoms with Gasteiger partial charge in [0.2, 0.25) is 0 Å². The maximum Gasteiger partial charge on any atom is 0.269 e. The van der Waals surface area contributed by atoms with Crippen molar-refractivity contribution >= 4 is 11.6 Å². The van der Waals surface area contributed by atoms with Gasteiger partial charge in [-0.2, -0.15) is 0 Å². The van der Waals surface area contributed by atoms with Crippen LogP contribution in [-0.4, -0.2) is 42.8 Å². The molecule has 2 aromatic rings. The summed E-state index contributed by atoms with van der Waals surface area (Å²) in [7, 11) is 1.68. The van der Waals surface area contributed by atoms with Crippen molar-refractivity contribution in [2.45, 2.75) is 19.2 Å². The summed E-state index contributed by atoms with van der Waals surface area (Å²) >= 11 is 0. The van der Waals surface area contributed by atoms with Gasteiger partial charge in [0.25, 0.3) is 5.91 Å². The van der Waals surface area contributed by atoms with E-state index < -0.39 is 0 Å². The molecule has 0 bridgehead atoms. The van der Waals surface area contributed by atoms with Crippen molar-refractivity contribution in [3.05, 3.63) is 65.7 Å². The fourth-order valence-electron chi connectivity index (χ4n) is 3.70. The Labute approximate surface area is 158 Å². The minimum Gasteiger partial charge on any atom is -0.496 e. The lowest BCUT2D eigenvalue weighted by molar-refractivity contribution is -0.115. The number of benzene rings is 2. The number of ether oxygens (including phenoxy) is 1. The van der Waals surface area contributed by atoms with Crippen LogP contribution in [0.2, 0.25) is 0 Å². The first-order valence-corrected chi connectivity index (χ1v) is 9.14. The van der Waals surface area contributed by atoms with Gasteiger partial charge in [0, 0.05) is 31.7 Å². The average molecular weight is 365 g/mol. The van der Waals surface area contributed by atoms with E-state index in [0.29, 0.717) is 12.3 Å². The van der Waals surface area contributed by atoms with Crippen LogP contribution in [-0.2, 0) is 22.7 Å². The van der Waals surface area contributed by atoms with Gasteiger partial charge in [-0.1, -0.05) is 53.7 Å². The number of hydrogen-bond donors (Lipinski definition) is 1. The monoisotopic (exact) mass is 365 g/mol. The number of oxime groups is 1. The van der Waals surface area contributed by atoms with Crippen molar-refractivity contribution in [1.29, 1.82) is 0 Å². The zero-order valence-electron chi connectivity index (χ0n) is 15.3. The predicted octanol–water partition coefficient (Wildman–Crippen LogP) is 2.20. The molecule has 1 fully saturated rings. The molecule has 2 heterocycles. The Hall–Kier alpha value is -2.86. The van der Waals surface area contributed by atoms with Crippen LogP contribution in [0.1, 0.15) is 11.1 Å². The Balaban J connectivity index is 1.36. The second kappa shape index (κ2) is 7.80. The van der Waals surface area contributed by atoms with E-state index >= 15 is 0 Å². The molecule has 0 aromatic heterocycles. The zero-order valence-corrected chi connectivity index (χ0v) is 15.3. The molecule has 6 nitrogen and oxygen atoms in total. The Morgan fingerprint density at radius 1 is 1.19 bits per heavy atom. The highest BCUT2D eigenvalue weighted by Crippen LogP contribution is 2.30. The Morgan fingerprint density at radius 3 is 2.78 bits per heavy atom. The third-order valence-electron chi connectivity index (χ3n) is 5.09. The number of para-hydroxylation sites is 1. The number of carbonyl (C=O) groups is 1. The molecule has 140 valence electrons. The molecule has 0 radical (unpaired) electrons. The summed E-state index contributed by atoms with van der Waals surface area (Å²) in [4.78, 5) is 20.4. The summed E-state index contributed by atoms with van der Waals surface area (Å²) in [5, 5.41) is 7.01. The van der Waals surface area contributed by atoms with Crippen molar-refractivity contribution in [2.24, 2.45) is 11.1 Å². The molecule has 1 saturated heterocycles. The van der Waals surface area contributed by atoms with Gasteiger partial charge >= 0.3 is 0 Å². The number of carbonyl (C=O) groups excluding carboxylic acids is 1. The average Bonchev–Trinajstić information content (AvgIpc) is 3.27. The summed E-state index contributed by atoms with van der Waals surface area (Å²) in [6.45, 7) is 2.75. The van der Waals surface area contributed by atoms with Gasteiger partial charge in [0.15, 0.2) is 5.71 Å². The lowest BCUT2D eigenvalue weighted by Gasteiger charge is -2.18. The Morgan fingerprint density at radius 2 is 1.96 bits per heavy atom. The number of likely N-dealkylation sites (tertiary alicyclic amines) is 1. The molecule has 27 heavy (non-hydrogen) atoms. The normalized spacial score (nSPS) is 21.3. The molecule has 2 aliphatic rings. The minimum absolute atomic E-state index is 0.00970. The van der Waals surface area contributed by atoms with Crippen molar-refractivity contribution in [1.82, 2.24) is 10.2 Å². The first kappa shape index (κ1) is 17.5. The van der Waals surface area contributed by atoms with Crippen LogP contribution >= 0.6 is 0 Å². The fourth-order valence-corrected chi connectivity index (χ4v) is 3.70. The van der Waals surface area contributed by atoms with Crippen LogP contribution < -0.4 is 10.1 Å². The Kier molecular flexibility index (Phi) is 5.07. The number of methoxy groups -OCH3 is 1. The summed E-state index contributed by atoms with van der Waals surface area (Å²) < 4.78 is 5.44. The van der Waals surface area contributed by atoms with Gasteiger partial charge in [-0.15, -0.1) is 0 Å². The molecule has 0 spiro atoms. The smallest absolute Gasteiger partial charge is 0.269 e. The SMILES string of the molecule is COc1ccccc1CN1C[C@@H]2C(C(=O)NCc3ccccc3)=NO[C@@H]2C1. The number of fused-ring (bicyclic) bond motifs is 1. The molecule has 1 amide bonds. The molecule has 0 aliphatic carbocycles. The summed E-state index contributed by atoms with van der Waals surface area (Å²) in [6, 6.07) is 17.9. The fraction of sp³-hybridized carbons (Fsp3) is 0.333.